The van der Waals surface area contributed by atoms with E-state index in [0.29, 0.717) is 5.82 Å². The molecule has 1 aliphatic rings. The molecule has 0 saturated carbocycles. The third-order valence-corrected chi connectivity index (χ3v) is 4.00. The van der Waals surface area contributed by atoms with E-state index in [1.807, 2.05) is 24.3 Å². The number of hydrogen-bond acceptors (Lipinski definition) is 4. The number of carboxylic acid groups (broad SMARTS) is 1. The average molecular weight is 298 g/mol. The highest BCUT2D eigenvalue weighted by molar-refractivity contribution is 5.85. The largest absolute Gasteiger partial charge is 0.496 e. The number of nitrogens with zero attached hydrogens (tertiary/aromatic N) is 2. The fraction of sp³-hybridized carbons (Fsp3) is 0.294. The van der Waals surface area contributed by atoms with Gasteiger partial charge in [0.25, 0.3) is 0 Å². The Labute approximate surface area is 129 Å². The second-order valence-corrected chi connectivity index (χ2v) is 5.28. The van der Waals surface area contributed by atoms with E-state index in [9.17, 15) is 4.79 Å². The number of benzene rings is 1. The van der Waals surface area contributed by atoms with Crippen molar-refractivity contribution in [2.75, 3.05) is 18.6 Å². The Morgan fingerprint density at radius 1 is 1.27 bits per heavy atom. The van der Waals surface area contributed by atoms with Gasteiger partial charge in [0.15, 0.2) is 5.69 Å². The van der Waals surface area contributed by atoms with Gasteiger partial charge in [-0.1, -0.05) is 24.3 Å². The number of methoxy groups -OCH3 is 1. The quantitative estimate of drug-likeness (QED) is 0.939. The predicted octanol–water partition coefficient (Wildman–Crippen LogP) is 3.13. The fourth-order valence-corrected chi connectivity index (χ4v) is 3.01. The minimum atomic E-state index is -1.00. The molecule has 0 bridgehead atoms. The number of carbonyl (C=O) groups is 1. The number of aromatic carboxylic acids is 1. The molecular formula is C17H18N2O3. The Morgan fingerprint density at radius 3 is 2.86 bits per heavy atom. The Hall–Kier alpha value is -2.56. The van der Waals surface area contributed by atoms with Gasteiger partial charge in [0.2, 0.25) is 0 Å². The SMILES string of the molecule is COc1ccccc1[C@@H]1CCCN1c1cccc(C(=O)O)n1. The van der Waals surface area contributed by atoms with E-state index in [1.165, 1.54) is 6.07 Å². The van der Waals surface area contributed by atoms with Crippen LogP contribution in [0.25, 0.3) is 0 Å². The number of hydrogen-bond donors (Lipinski definition) is 1. The highest BCUT2D eigenvalue weighted by atomic mass is 16.5. The van der Waals surface area contributed by atoms with E-state index in [0.717, 1.165) is 30.7 Å². The molecule has 3 rings (SSSR count). The summed E-state index contributed by atoms with van der Waals surface area (Å²) in [6.07, 6.45) is 2.04. The van der Waals surface area contributed by atoms with Crippen LogP contribution < -0.4 is 9.64 Å². The molecule has 2 aromatic rings. The third kappa shape index (κ3) is 2.62. The van der Waals surface area contributed by atoms with Crippen LogP contribution in [-0.4, -0.2) is 29.7 Å². The zero-order valence-electron chi connectivity index (χ0n) is 12.4. The summed E-state index contributed by atoms with van der Waals surface area (Å²) in [5.41, 5.74) is 1.19. The third-order valence-electron chi connectivity index (χ3n) is 4.00. The van der Waals surface area contributed by atoms with Crippen molar-refractivity contribution < 1.29 is 14.6 Å². The van der Waals surface area contributed by atoms with Gasteiger partial charge in [-0.15, -0.1) is 0 Å². The molecule has 1 N–H and O–H groups in total. The van der Waals surface area contributed by atoms with Gasteiger partial charge in [-0.25, -0.2) is 9.78 Å². The monoisotopic (exact) mass is 298 g/mol. The Balaban J connectivity index is 1.96. The maximum absolute atomic E-state index is 11.1. The van der Waals surface area contributed by atoms with Crippen LogP contribution >= 0.6 is 0 Å². The lowest BCUT2D eigenvalue weighted by atomic mass is 10.0. The maximum atomic E-state index is 11.1. The van der Waals surface area contributed by atoms with Crippen molar-refractivity contribution in [3.63, 3.8) is 0 Å². The van der Waals surface area contributed by atoms with Gasteiger partial charge in [-0.05, 0) is 31.0 Å². The molecule has 1 saturated heterocycles. The van der Waals surface area contributed by atoms with Crippen LogP contribution in [0.2, 0.25) is 0 Å². The molecule has 114 valence electrons. The van der Waals surface area contributed by atoms with E-state index >= 15 is 0 Å². The van der Waals surface area contributed by atoms with Crippen molar-refractivity contribution in [2.24, 2.45) is 0 Å². The molecule has 0 spiro atoms. The second kappa shape index (κ2) is 6.05. The van der Waals surface area contributed by atoms with Gasteiger partial charge in [-0.3, -0.25) is 0 Å². The first-order valence-corrected chi connectivity index (χ1v) is 7.30. The predicted molar refractivity (Wildman–Crippen MR) is 83.5 cm³/mol. The lowest BCUT2D eigenvalue weighted by molar-refractivity contribution is 0.0690. The average Bonchev–Trinajstić information content (AvgIpc) is 3.04. The summed E-state index contributed by atoms with van der Waals surface area (Å²) >= 11 is 0. The number of aromatic nitrogens is 1. The highest BCUT2D eigenvalue weighted by Crippen LogP contribution is 2.39. The Bertz CT molecular complexity index is 687. The number of ether oxygens (including phenoxy) is 1. The van der Waals surface area contributed by atoms with E-state index in [2.05, 4.69) is 16.0 Å². The zero-order valence-corrected chi connectivity index (χ0v) is 12.4. The molecule has 1 fully saturated rings. The number of para-hydroxylation sites is 1. The topological polar surface area (TPSA) is 62.7 Å². The van der Waals surface area contributed by atoms with Crippen LogP contribution in [0.1, 0.15) is 34.9 Å². The number of pyridine rings is 1. The molecule has 0 amide bonds. The summed E-state index contributed by atoms with van der Waals surface area (Å²) in [5.74, 6) is 0.553. The van der Waals surface area contributed by atoms with Crippen molar-refractivity contribution in [3.8, 4) is 5.75 Å². The van der Waals surface area contributed by atoms with Crippen molar-refractivity contribution in [1.82, 2.24) is 4.98 Å². The number of anilines is 1. The van der Waals surface area contributed by atoms with Crippen LogP contribution in [0.3, 0.4) is 0 Å². The number of carboxylic acids is 1. The molecule has 0 aliphatic carbocycles. The summed E-state index contributed by atoms with van der Waals surface area (Å²) in [5, 5.41) is 9.12. The molecule has 0 unspecified atom stereocenters. The summed E-state index contributed by atoms with van der Waals surface area (Å²) in [4.78, 5) is 17.5. The molecule has 1 atom stereocenters. The van der Waals surface area contributed by atoms with Crippen molar-refractivity contribution in [2.45, 2.75) is 18.9 Å². The lowest BCUT2D eigenvalue weighted by Crippen LogP contribution is -2.24. The van der Waals surface area contributed by atoms with Gasteiger partial charge >= 0.3 is 5.97 Å². The summed E-state index contributed by atoms with van der Waals surface area (Å²) < 4.78 is 5.46. The van der Waals surface area contributed by atoms with Crippen molar-refractivity contribution in [3.05, 3.63) is 53.7 Å². The van der Waals surface area contributed by atoms with Crippen LogP contribution in [0.4, 0.5) is 5.82 Å². The van der Waals surface area contributed by atoms with Crippen LogP contribution in [-0.2, 0) is 0 Å². The molecule has 5 nitrogen and oxygen atoms in total. The first kappa shape index (κ1) is 14.4. The Kier molecular flexibility index (Phi) is 3.96. The van der Waals surface area contributed by atoms with Gasteiger partial charge < -0.3 is 14.7 Å². The van der Waals surface area contributed by atoms with Gasteiger partial charge in [0, 0.05) is 12.1 Å². The smallest absolute Gasteiger partial charge is 0.354 e. The van der Waals surface area contributed by atoms with E-state index in [4.69, 9.17) is 9.84 Å². The van der Waals surface area contributed by atoms with Crippen molar-refractivity contribution in [1.29, 1.82) is 0 Å². The second-order valence-electron chi connectivity index (χ2n) is 5.28. The molecule has 2 heterocycles. The minimum Gasteiger partial charge on any atom is -0.496 e. The summed E-state index contributed by atoms with van der Waals surface area (Å²) in [6.45, 7) is 0.860. The summed E-state index contributed by atoms with van der Waals surface area (Å²) in [7, 11) is 1.67. The van der Waals surface area contributed by atoms with Crippen LogP contribution in [0.15, 0.2) is 42.5 Å². The van der Waals surface area contributed by atoms with E-state index in [-0.39, 0.29) is 11.7 Å². The van der Waals surface area contributed by atoms with E-state index < -0.39 is 5.97 Å². The fourth-order valence-electron chi connectivity index (χ4n) is 3.01. The molecule has 1 aliphatic heterocycles. The molecule has 5 heteroatoms. The zero-order chi connectivity index (χ0) is 15.5. The van der Waals surface area contributed by atoms with Gasteiger partial charge in [0.05, 0.1) is 13.2 Å². The molecule has 22 heavy (non-hydrogen) atoms. The standard InChI is InChI=1S/C17H18N2O3/c1-22-15-9-3-2-6-12(15)14-8-5-11-19(14)16-10-4-7-13(18-16)17(20)21/h2-4,6-7,9-10,14H,5,8,11H2,1H3,(H,20,21)/t14-/m0/s1. The van der Waals surface area contributed by atoms with Gasteiger partial charge in [0.1, 0.15) is 11.6 Å². The van der Waals surface area contributed by atoms with Crippen LogP contribution in [0.5, 0.6) is 5.75 Å². The van der Waals surface area contributed by atoms with Gasteiger partial charge in [-0.2, -0.15) is 0 Å². The van der Waals surface area contributed by atoms with Crippen molar-refractivity contribution >= 4 is 11.8 Å². The first-order valence-electron chi connectivity index (χ1n) is 7.30. The first-order chi connectivity index (χ1) is 10.7. The molecule has 0 radical (unpaired) electrons. The normalized spacial score (nSPS) is 17.5. The molecular weight excluding hydrogens is 280 g/mol. The lowest BCUT2D eigenvalue weighted by Gasteiger charge is -2.27. The molecule has 1 aromatic heterocycles. The highest BCUT2D eigenvalue weighted by Gasteiger charge is 2.29. The number of rotatable bonds is 4. The minimum absolute atomic E-state index is 0.0724. The summed E-state index contributed by atoms with van der Waals surface area (Å²) in [6, 6.07) is 13.2. The van der Waals surface area contributed by atoms with E-state index in [1.54, 1.807) is 13.2 Å². The Morgan fingerprint density at radius 2 is 2.09 bits per heavy atom. The van der Waals surface area contributed by atoms with Crippen LogP contribution in [0, 0.1) is 0 Å². The molecule has 1 aromatic carbocycles. The maximum Gasteiger partial charge on any atom is 0.354 e.